The second-order valence-corrected chi connectivity index (χ2v) is 6.31. The number of carbonyl (C=O) groups excluding carboxylic acids is 1. The molecule has 0 fully saturated rings. The van der Waals surface area contributed by atoms with Crippen LogP contribution in [-0.4, -0.2) is 35.6 Å². The number of hydrogen-bond acceptors (Lipinski definition) is 4. The van der Waals surface area contributed by atoms with Crippen LogP contribution in [0.4, 0.5) is 5.69 Å². The van der Waals surface area contributed by atoms with Crippen LogP contribution in [0.3, 0.4) is 0 Å². The van der Waals surface area contributed by atoms with E-state index < -0.39 is 16.0 Å². The summed E-state index contributed by atoms with van der Waals surface area (Å²) in [4.78, 5) is 12.4. The van der Waals surface area contributed by atoms with Crippen molar-refractivity contribution in [2.45, 2.75) is 30.4 Å². The number of hydrogen-bond donors (Lipinski definition) is 2. The van der Waals surface area contributed by atoms with Crippen molar-refractivity contribution in [3.8, 4) is 0 Å². The van der Waals surface area contributed by atoms with Crippen molar-refractivity contribution >= 4 is 22.4 Å². The Morgan fingerprint density at radius 1 is 1.50 bits per heavy atom. The first-order valence-electron chi connectivity index (χ1n) is 6.51. The van der Waals surface area contributed by atoms with E-state index in [9.17, 15) is 9.00 Å². The monoisotopic (exact) mass is 298 g/mol. The van der Waals surface area contributed by atoms with Crippen molar-refractivity contribution in [3.63, 3.8) is 0 Å². The molecular formula is C14H22N2O3S. The first-order valence-corrected chi connectivity index (χ1v) is 7.72. The minimum atomic E-state index is -1.46. The molecule has 0 radical (unpaired) electrons. The minimum absolute atomic E-state index is 0.236. The molecule has 2 atom stereocenters. The molecule has 0 spiro atoms. The Balaban J connectivity index is 2.66. The van der Waals surface area contributed by atoms with Crippen LogP contribution in [0.15, 0.2) is 23.1 Å². The van der Waals surface area contributed by atoms with Gasteiger partial charge in [-0.15, -0.1) is 0 Å². The highest BCUT2D eigenvalue weighted by Gasteiger charge is 2.22. The third kappa shape index (κ3) is 4.31. The number of nitrogen functional groups attached to an aromatic ring is 1. The average molecular weight is 298 g/mol. The Labute approximate surface area is 122 Å². The van der Waals surface area contributed by atoms with Gasteiger partial charge in [-0.2, -0.15) is 0 Å². The Morgan fingerprint density at radius 3 is 2.85 bits per heavy atom. The summed E-state index contributed by atoms with van der Waals surface area (Å²) >= 11 is 0. The number of rotatable bonds is 7. The molecule has 0 aromatic heterocycles. The molecule has 1 amide bonds. The van der Waals surface area contributed by atoms with Gasteiger partial charge in [0.1, 0.15) is 5.25 Å². The number of aryl methyl sites for hydroxylation is 1. The van der Waals surface area contributed by atoms with Gasteiger partial charge >= 0.3 is 0 Å². The molecule has 0 heterocycles. The zero-order chi connectivity index (χ0) is 15.1. The van der Waals surface area contributed by atoms with Crippen molar-refractivity contribution < 1.29 is 13.7 Å². The third-order valence-corrected chi connectivity index (χ3v) is 4.66. The fourth-order valence-corrected chi connectivity index (χ4v) is 2.94. The van der Waals surface area contributed by atoms with Gasteiger partial charge in [-0.1, -0.05) is 12.1 Å². The molecule has 1 aromatic carbocycles. The highest BCUT2D eigenvalue weighted by molar-refractivity contribution is 7.86. The summed E-state index contributed by atoms with van der Waals surface area (Å²) in [5.74, 6) is -0.236. The van der Waals surface area contributed by atoms with E-state index in [1.165, 1.54) is 0 Å². The predicted octanol–water partition coefficient (Wildman–Crippen LogP) is 1.23. The number of nitrogens with one attached hydrogen (secondary N) is 1. The Kier molecular flexibility index (Phi) is 6.67. The highest BCUT2D eigenvalue weighted by atomic mass is 32.2. The number of carbonyl (C=O) groups is 1. The van der Waals surface area contributed by atoms with Gasteiger partial charge in [0.2, 0.25) is 5.91 Å². The largest absolute Gasteiger partial charge is 0.398 e. The van der Waals surface area contributed by atoms with E-state index in [0.29, 0.717) is 23.7 Å². The number of methoxy groups -OCH3 is 1. The van der Waals surface area contributed by atoms with Gasteiger partial charge in [0.15, 0.2) is 0 Å². The molecule has 3 N–H and O–H groups in total. The van der Waals surface area contributed by atoms with Crippen molar-refractivity contribution in [2.75, 3.05) is 26.0 Å². The lowest BCUT2D eigenvalue weighted by molar-refractivity contribution is -0.120. The van der Waals surface area contributed by atoms with E-state index in [1.807, 2.05) is 13.0 Å². The molecule has 0 aliphatic carbocycles. The van der Waals surface area contributed by atoms with Gasteiger partial charge in [0, 0.05) is 20.3 Å². The Morgan fingerprint density at radius 2 is 2.20 bits per heavy atom. The van der Waals surface area contributed by atoms with Gasteiger partial charge < -0.3 is 15.8 Å². The normalized spacial score (nSPS) is 13.8. The number of benzene rings is 1. The topological polar surface area (TPSA) is 81.4 Å². The second kappa shape index (κ2) is 8.01. The number of ether oxygens (including phenoxy) is 1. The minimum Gasteiger partial charge on any atom is -0.398 e. The lowest BCUT2D eigenvalue weighted by atomic mass is 10.2. The fourth-order valence-electron chi connectivity index (χ4n) is 1.69. The van der Waals surface area contributed by atoms with Crippen molar-refractivity contribution in [1.29, 1.82) is 0 Å². The second-order valence-electron chi connectivity index (χ2n) is 4.56. The standard InChI is InChI=1S/C14H22N2O3S/c1-10-6-4-7-12(13(10)15)20(18)11(2)14(17)16-8-5-9-19-3/h4,6-7,11H,5,8-9,15H2,1-3H3,(H,16,17). The molecule has 20 heavy (non-hydrogen) atoms. The molecular weight excluding hydrogens is 276 g/mol. The van der Waals surface area contributed by atoms with E-state index in [2.05, 4.69) is 5.32 Å². The van der Waals surface area contributed by atoms with Crippen LogP contribution in [0.2, 0.25) is 0 Å². The highest BCUT2D eigenvalue weighted by Crippen LogP contribution is 2.22. The molecule has 5 nitrogen and oxygen atoms in total. The number of amides is 1. The molecule has 0 saturated heterocycles. The molecule has 1 rings (SSSR count). The first kappa shape index (κ1) is 16.7. The maximum atomic E-state index is 12.4. The maximum Gasteiger partial charge on any atom is 0.235 e. The van der Waals surface area contributed by atoms with Crippen molar-refractivity contribution in [2.24, 2.45) is 0 Å². The number of anilines is 1. The predicted molar refractivity (Wildman–Crippen MR) is 81.0 cm³/mol. The summed E-state index contributed by atoms with van der Waals surface area (Å²) in [6.45, 7) is 4.59. The quantitative estimate of drug-likeness (QED) is 0.586. The summed E-state index contributed by atoms with van der Waals surface area (Å²) in [5.41, 5.74) is 7.27. The molecule has 6 heteroatoms. The fraction of sp³-hybridized carbons (Fsp3) is 0.500. The van der Waals surface area contributed by atoms with Gasteiger partial charge in [0.05, 0.1) is 21.4 Å². The molecule has 112 valence electrons. The van der Waals surface area contributed by atoms with Gasteiger partial charge in [-0.25, -0.2) is 0 Å². The van der Waals surface area contributed by atoms with E-state index in [-0.39, 0.29) is 5.91 Å². The molecule has 0 bridgehead atoms. The first-order chi connectivity index (χ1) is 9.49. The smallest absolute Gasteiger partial charge is 0.235 e. The Bertz CT molecular complexity index is 491. The summed E-state index contributed by atoms with van der Waals surface area (Å²) in [6.07, 6.45) is 0.730. The van der Waals surface area contributed by atoms with Crippen LogP contribution in [0, 0.1) is 6.92 Å². The van der Waals surface area contributed by atoms with Gasteiger partial charge in [0.25, 0.3) is 0 Å². The number of para-hydroxylation sites is 1. The Hall–Kier alpha value is -1.40. The van der Waals surface area contributed by atoms with Crippen molar-refractivity contribution in [3.05, 3.63) is 23.8 Å². The van der Waals surface area contributed by atoms with Crippen LogP contribution in [0.5, 0.6) is 0 Å². The SMILES string of the molecule is COCCCNC(=O)C(C)S(=O)c1cccc(C)c1N. The van der Waals surface area contributed by atoms with E-state index in [1.54, 1.807) is 26.2 Å². The molecule has 0 saturated carbocycles. The van der Waals surface area contributed by atoms with Gasteiger partial charge in [-0.3, -0.25) is 9.00 Å². The summed E-state index contributed by atoms with van der Waals surface area (Å²) in [7, 11) is 0.156. The van der Waals surface area contributed by atoms with E-state index >= 15 is 0 Å². The van der Waals surface area contributed by atoms with Crippen LogP contribution in [-0.2, 0) is 20.3 Å². The lowest BCUT2D eigenvalue weighted by Crippen LogP contribution is -2.36. The van der Waals surface area contributed by atoms with Crippen LogP contribution in [0.25, 0.3) is 0 Å². The molecule has 0 aliphatic rings. The van der Waals surface area contributed by atoms with Crippen LogP contribution >= 0.6 is 0 Å². The lowest BCUT2D eigenvalue weighted by Gasteiger charge is -2.14. The van der Waals surface area contributed by atoms with Crippen LogP contribution < -0.4 is 11.1 Å². The average Bonchev–Trinajstić information content (AvgIpc) is 2.44. The zero-order valence-corrected chi connectivity index (χ0v) is 13.0. The van der Waals surface area contributed by atoms with Crippen molar-refractivity contribution in [1.82, 2.24) is 5.32 Å². The molecule has 2 unspecified atom stereocenters. The summed E-state index contributed by atoms with van der Waals surface area (Å²) in [5, 5.41) is 2.11. The molecule has 0 aliphatic heterocycles. The summed E-state index contributed by atoms with van der Waals surface area (Å²) in [6, 6.07) is 5.35. The number of nitrogens with two attached hydrogens (primary N) is 1. The van der Waals surface area contributed by atoms with Crippen LogP contribution in [0.1, 0.15) is 18.9 Å². The van der Waals surface area contributed by atoms with Gasteiger partial charge in [-0.05, 0) is 31.9 Å². The summed E-state index contributed by atoms with van der Waals surface area (Å²) < 4.78 is 17.3. The third-order valence-electron chi connectivity index (χ3n) is 3.02. The van der Waals surface area contributed by atoms with E-state index in [0.717, 1.165) is 12.0 Å². The zero-order valence-electron chi connectivity index (χ0n) is 12.1. The van der Waals surface area contributed by atoms with E-state index in [4.69, 9.17) is 10.5 Å². The maximum absolute atomic E-state index is 12.4. The molecule has 1 aromatic rings.